The number of anilines is 1. The van der Waals surface area contributed by atoms with Crippen molar-refractivity contribution in [2.24, 2.45) is 11.3 Å². The lowest BCUT2D eigenvalue weighted by Crippen LogP contribution is -2.36. The van der Waals surface area contributed by atoms with Gasteiger partial charge in [-0.1, -0.05) is 85.7 Å². The topological polar surface area (TPSA) is 196 Å². The van der Waals surface area contributed by atoms with Gasteiger partial charge in [-0.25, -0.2) is 0 Å². The van der Waals surface area contributed by atoms with E-state index in [-0.39, 0.29) is 83.1 Å². The number of carbonyl (C=O) groups is 3. The van der Waals surface area contributed by atoms with Crippen LogP contribution in [0.15, 0.2) is 145 Å². The van der Waals surface area contributed by atoms with Crippen LogP contribution < -0.4 is 19.7 Å². The van der Waals surface area contributed by atoms with E-state index in [4.69, 9.17) is 14.2 Å². The summed E-state index contributed by atoms with van der Waals surface area (Å²) < 4.78 is 20.2. The Hall–Kier alpha value is -8.41. The van der Waals surface area contributed by atoms with Gasteiger partial charge < -0.3 is 54.4 Å². The fourth-order valence-electron chi connectivity index (χ4n) is 13.4. The molecule has 0 saturated heterocycles. The minimum absolute atomic E-state index is 0.00238. The van der Waals surface area contributed by atoms with Crippen molar-refractivity contribution in [3.05, 3.63) is 173 Å². The molecule has 6 N–H and O–H groups in total. The van der Waals surface area contributed by atoms with Crippen molar-refractivity contribution in [2.45, 2.75) is 121 Å². The number of carbonyl (C=O) groups excluding carboxylic acids is 3. The second kappa shape index (κ2) is 22.6. The normalized spacial score (nSPS) is 23.5. The SMILES string of the molecule is COc1cc(C2CC(=O)CC(OC(C)=O)CCC34Cc5c[nH]cc5C(C#CCC3=CC=CC4C)C(c3cccc(O)c3)C3=CCNC(=C3)N(CCC(C)=O)c3ccc(C4(O)CCCC4)c4cn2cc34)cc(O)c1Oc1cccc(O)c1. The molecule has 14 heteroatoms. The molecule has 6 atom stereocenters. The predicted octanol–water partition coefficient (Wildman–Crippen LogP) is 12.1. The number of ketones is 2. The molecule has 3 aliphatic carbocycles. The van der Waals surface area contributed by atoms with E-state index in [1.165, 1.54) is 26.2 Å². The summed E-state index contributed by atoms with van der Waals surface area (Å²) in [5.41, 5.74) is 5.53. The van der Waals surface area contributed by atoms with E-state index in [0.29, 0.717) is 57.2 Å². The van der Waals surface area contributed by atoms with E-state index in [2.05, 4.69) is 76.7 Å². The second-order valence-electron chi connectivity index (χ2n) is 22.7. The molecule has 2 aromatic heterocycles. The zero-order chi connectivity index (χ0) is 56.6. The van der Waals surface area contributed by atoms with E-state index in [0.717, 1.165) is 68.5 Å². The number of benzene rings is 4. The molecule has 4 aromatic carbocycles. The number of phenolic OH excluding ortho intramolecular Hbond substituents is 3. The predicted molar refractivity (Wildman–Crippen MR) is 310 cm³/mol. The molecule has 1 fully saturated rings. The summed E-state index contributed by atoms with van der Waals surface area (Å²) >= 11 is 0. The van der Waals surface area contributed by atoms with Crippen LogP contribution in [0.1, 0.15) is 131 Å². The van der Waals surface area contributed by atoms with Crippen LogP contribution in [-0.4, -0.2) is 73.8 Å². The molecule has 2 aliphatic heterocycles. The van der Waals surface area contributed by atoms with Crippen LogP contribution >= 0.6 is 0 Å². The molecular weight excluding hydrogens is 1020 g/mol. The first-order valence-corrected chi connectivity index (χ1v) is 28.3. The summed E-state index contributed by atoms with van der Waals surface area (Å²) in [5.74, 6) is 7.09. The Morgan fingerprint density at radius 3 is 2.46 bits per heavy atom. The highest BCUT2D eigenvalue weighted by atomic mass is 16.5. The van der Waals surface area contributed by atoms with Crippen LogP contribution in [0.4, 0.5) is 5.69 Å². The molecule has 0 radical (unpaired) electrons. The molecule has 14 nitrogen and oxygen atoms in total. The average molecular weight is 1090 g/mol. The summed E-state index contributed by atoms with van der Waals surface area (Å²) in [7, 11) is 1.46. The Balaban J connectivity index is 1.14. The Labute approximate surface area is 472 Å². The molecule has 1 saturated carbocycles. The van der Waals surface area contributed by atoms with Crippen LogP contribution in [0.2, 0.25) is 0 Å². The summed E-state index contributed by atoms with van der Waals surface area (Å²) in [6.07, 6.45) is 23.0. The Kier molecular flexibility index (Phi) is 15.2. The Morgan fingerprint density at radius 1 is 0.901 bits per heavy atom. The van der Waals surface area contributed by atoms with Gasteiger partial charge in [0, 0.05) is 98.7 Å². The van der Waals surface area contributed by atoms with Crippen molar-refractivity contribution in [2.75, 3.05) is 25.1 Å². The van der Waals surface area contributed by atoms with Crippen LogP contribution in [-0.2, 0) is 31.1 Å². The van der Waals surface area contributed by atoms with Gasteiger partial charge in [-0.15, -0.1) is 0 Å². The van der Waals surface area contributed by atoms with Gasteiger partial charge in [0.2, 0.25) is 5.75 Å². The molecule has 11 rings (SSSR count). The van der Waals surface area contributed by atoms with E-state index >= 15 is 4.79 Å². The number of H-pyrrole nitrogens is 1. The molecule has 0 amide bonds. The summed E-state index contributed by atoms with van der Waals surface area (Å²) in [4.78, 5) is 47.1. The maximum Gasteiger partial charge on any atom is 0.302 e. The fourth-order valence-corrected chi connectivity index (χ4v) is 13.4. The minimum atomic E-state index is -1.14. The second-order valence-corrected chi connectivity index (χ2v) is 22.7. The third-order valence-corrected chi connectivity index (χ3v) is 17.5. The minimum Gasteiger partial charge on any atom is -0.508 e. The molecule has 1 spiro atoms. The zero-order valence-electron chi connectivity index (χ0n) is 46.3. The number of aliphatic hydroxyl groups is 1. The highest BCUT2D eigenvalue weighted by Gasteiger charge is 2.43. The number of fused-ring (bicyclic) bond motifs is 2. The lowest BCUT2D eigenvalue weighted by Gasteiger charge is -2.43. The van der Waals surface area contributed by atoms with Crippen LogP contribution in [0.5, 0.6) is 34.5 Å². The number of nitrogens with zero attached hydrogens (tertiary/aromatic N) is 2. The number of dihydropyridines is 1. The molecule has 81 heavy (non-hydrogen) atoms. The maximum atomic E-state index is 15.2. The molecule has 6 unspecified atom stereocenters. The van der Waals surface area contributed by atoms with E-state index < -0.39 is 29.1 Å². The summed E-state index contributed by atoms with van der Waals surface area (Å²) in [6, 6.07) is 20.1. The van der Waals surface area contributed by atoms with Crippen LogP contribution in [0.3, 0.4) is 0 Å². The van der Waals surface area contributed by atoms with E-state index in [1.54, 1.807) is 37.3 Å². The smallest absolute Gasteiger partial charge is 0.302 e. The number of phenols is 3. The van der Waals surface area contributed by atoms with Gasteiger partial charge in [0.25, 0.3) is 0 Å². The van der Waals surface area contributed by atoms with Crippen LogP contribution in [0, 0.1) is 23.2 Å². The highest BCUT2D eigenvalue weighted by Crippen LogP contribution is 2.52. The van der Waals surface area contributed by atoms with Crippen molar-refractivity contribution in [3.8, 4) is 46.3 Å². The van der Waals surface area contributed by atoms with Gasteiger partial charge in [-0.05, 0) is 127 Å². The summed E-state index contributed by atoms with van der Waals surface area (Å²) in [5, 5.41) is 51.1. The zero-order valence-corrected chi connectivity index (χ0v) is 46.3. The number of Topliss-reactive ketones (excluding diaryl/α,β-unsaturated/α-hetero) is 2. The third kappa shape index (κ3) is 11.0. The first-order chi connectivity index (χ1) is 39.1. The Bertz CT molecular complexity index is 3620. The number of aromatic nitrogens is 2. The summed E-state index contributed by atoms with van der Waals surface area (Å²) in [6.45, 7) is 5.92. The highest BCUT2D eigenvalue weighted by molar-refractivity contribution is 5.98. The van der Waals surface area contributed by atoms with Crippen molar-refractivity contribution in [1.29, 1.82) is 0 Å². The molecule has 5 aliphatic rings. The first-order valence-electron chi connectivity index (χ1n) is 28.3. The maximum absolute atomic E-state index is 15.2. The van der Waals surface area contributed by atoms with Crippen LogP contribution in [0.25, 0.3) is 10.8 Å². The number of nitrogens with one attached hydrogen (secondary N) is 2. The van der Waals surface area contributed by atoms with Gasteiger partial charge in [0.1, 0.15) is 40.7 Å². The van der Waals surface area contributed by atoms with E-state index in [1.807, 2.05) is 47.3 Å². The fraction of sp³-hybridized carbons (Fsp3) is 0.358. The number of rotatable bonds is 10. The molecule has 6 aromatic rings. The monoisotopic (exact) mass is 1090 g/mol. The quantitative estimate of drug-likeness (QED) is 0.0562. The number of methoxy groups -OCH3 is 1. The Morgan fingerprint density at radius 2 is 1.69 bits per heavy atom. The molecule has 4 heterocycles. The van der Waals surface area contributed by atoms with Gasteiger partial charge in [-0.2, -0.15) is 0 Å². The first kappa shape index (κ1) is 54.5. The largest absolute Gasteiger partial charge is 0.508 e. The number of esters is 1. The molecule has 6 bridgehead atoms. The number of aromatic hydroxyl groups is 3. The van der Waals surface area contributed by atoms with Gasteiger partial charge in [0.05, 0.1) is 30.4 Å². The molecule has 418 valence electrons. The van der Waals surface area contributed by atoms with Crippen molar-refractivity contribution < 1.29 is 49.0 Å². The average Bonchev–Trinajstić information content (AvgIpc) is 4.07. The third-order valence-electron chi connectivity index (χ3n) is 17.5. The number of hydrogen-bond donors (Lipinski definition) is 6. The number of ether oxygens (including phenoxy) is 3. The number of aromatic amines is 1. The van der Waals surface area contributed by atoms with Crippen molar-refractivity contribution in [1.82, 2.24) is 14.9 Å². The standard InChI is InChI=1S/C67H70N4O10/c1-41-11-7-13-48-14-9-18-54-55-38-68-37-47(55)36-66(41,48)26-21-53(80-43(3)73)34-51(76)35-60(46-30-61(77)65(62(31-46)79-4)81-52-17-10-16-50(75)33-52)70-39-56-57(40-70)59(20-19-58(56)67(78)24-5-6-25-67)71(28-23-42(2)72)63-32-45(22-27-69-63)64(54)44-12-8-15-49(74)29-44/h7-8,10-13,15-17,19-20,22,29-33,37-41,53-54,60,64,68-69,74-75,77-78H,5-6,14,21,23-28,34-36H2,1-4H3. The number of allylic oxidation sites excluding steroid dienone is 6. The number of hydrogen-bond acceptors (Lipinski definition) is 12. The van der Waals surface area contributed by atoms with Crippen molar-refractivity contribution in [3.63, 3.8) is 0 Å². The van der Waals surface area contributed by atoms with Gasteiger partial charge in [0.15, 0.2) is 11.5 Å². The lowest BCUT2D eigenvalue weighted by molar-refractivity contribution is -0.148. The van der Waals surface area contributed by atoms with Gasteiger partial charge >= 0.3 is 5.97 Å². The molecular formula is C67H70N4O10. The van der Waals surface area contributed by atoms with Crippen molar-refractivity contribution >= 4 is 34.0 Å². The van der Waals surface area contributed by atoms with Gasteiger partial charge in [-0.3, -0.25) is 14.4 Å². The lowest BCUT2D eigenvalue weighted by atomic mass is 9.61. The van der Waals surface area contributed by atoms with E-state index in [9.17, 15) is 30.0 Å².